The van der Waals surface area contributed by atoms with E-state index in [-0.39, 0.29) is 36.0 Å². The van der Waals surface area contributed by atoms with Crippen molar-refractivity contribution < 1.29 is 37.4 Å². The molecule has 5 N–H and O–H groups in total. The van der Waals surface area contributed by atoms with Crippen molar-refractivity contribution in [2.75, 3.05) is 32.8 Å². The van der Waals surface area contributed by atoms with Crippen LogP contribution in [0, 0.1) is 11.3 Å². The zero-order valence-corrected chi connectivity index (χ0v) is 25.3. The molecule has 0 aromatic heterocycles. The minimum Gasteiger partial charge on any atom is -0.480 e. The van der Waals surface area contributed by atoms with Crippen molar-refractivity contribution >= 4 is 50.6 Å². The number of benzene rings is 2. The molecule has 2 fully saturated rings. The van der Waals surface area contributed by atoms with E-state index in [9.17, 15) is 32.7 Å². The maximum Gasteiger partial charge on any atom is 0.413 e. The molecule has 0 bridgehead atoms. The number of guanidine groups is 1. The molecular weight excluding hydrogens is 592 g/mol. The van der Waals surface area contributed by atoms with Crippen LogP contribution in [0.5, 0.6) is 0 Å². The first-order valence-corrected chi connectivity index (χ1v) is 16.0. The van der Waals surface area contributed by atoms with Gasteiger partial charge in [-0.15, -0.1) is 0 Å². The molecule has 3 amide bonds. The molecule has 2 aromatic carbocycles. The van der Waals surface area contributed by atoms with Crippen LogP contribution in [0.15, 0.2) is 47.4 Å². The molecule has 1 saturated heterocycles. The van der Waals surface area contributed by atoms with E-state index in [1.54, 1.807) is 30.0 Å². The molecule has 2 atom stereocenters. The first-order chi connectivity index (χ1) is 21.0. The molecule has 0 radical (unpaired) electrons. The van der Waals surface area contributed by atoms with Gasteiger partial charge >= 0.3 is 12.1 Å². The summed E-state index contributed by atoms with van der Waals surface area (Å²) in [5, 5.41) is 24.2. The summed E-state index contributed by atoms with van der Waals surface area (Å²) in [5.41, 5.74) is 0. The van der Waals surface area contributed by atoms with Crippen LogP contribution in [0.2, 0.25) is 0 Å². The monoisotopic (exact) mass is 630 g/mol. The molecule has 15 heteroatoms. The standard InChI is InChI=1S/C29H38N6O8S/c1-2-43-29(40)32-28(30)34-13-5-6-19(17-34)16-31-25(36)15-24(27(39)35(18-26(37)38)22-10-11-22)33-44(41,42)23-12-9-20-7-3-4-8-21(20)14-23/h3-4,7-9,12,14,19,22,24,33H,2,5-6,10-11,13,15-18H2,1H3,(H,31,36)(H,37,38)(H2,30,32,40)/t19-,24-/m0/s1. The Morgan fingerprint density at radius 3 is 2.52 bits per heavy atom. The lowest BCUT2D eigenvalue weighted by Crippen LogP contribution is -2.53. The molecule has 1 aliphatic heterocycles. The quantitative estimate of drug-likeness (QED) is 0.170. The smallest absolute Gasteiger partial charge is 0.413 e. The molecule has 1 aliphatic carbocycles. The molecule has 4 rings (SSSR count). The molecule has 1 saturated carbocycles. The van der Waals surface area contributed by atoms with E-state index in [1.807, 2.05) is 12.1 Å². The number of rotatable bonds is 12. The van der Waals surface area contributed by atoms with E-state index >= 15 is 0 Å². The first-order valence-electron chi connectivity index (χ1n) is 14.5. The largest absolute Gasteiger partial charge is 0.480 e. The van der Waals surface area contributed by atoms with Gasteiger partial charge in [0.05, 0.1) is 17.9 Å². The van der Waals surface area contributed by atoms with Crippen molar-refractivity contribution in [3.05, 3.63) is 42.5 Å². The van der Waals surface area contributed by atoms with Gasteiger partial charge in [0.1, 0.15) is 12.6 Å². The van der Waals surface area contributed by atoms with Crippen LogP contribution >= 0.6 is 0 Å². The number of hydrogen-bond acceptors (Lipinski definition) is 8. The zero-order valence-electron chi connectivity index (χ0n) is 24.5. The SMILES string of the molecule is CCOC(=O)NC(=N)N1CCC[C@@H](CNC(=O)C[C@H](NS(=O)(=O)c2ccc3ccccc3c2)C(=O)N(CC(=O)O)C2CC2)C1. The maximum atomic E-state index is 13.6. The number of carboxylic acids is 1. The van der Waals surface area contributed by atoms with Crippen LogP contribution in [-0.2, 0) is 29.1 Å². The third kappa shape index (κ3) is 8.89. The second-order valence-electron chi connectivity index (χ2n) is 10.9. The lowest BCUT2D eigenvalue weighted by Gasteiger charge is -2.34. The summed E-state index contributed by atoms with van der Waals surface area (Å²) in [7, 11) is -4.28. The number of nitrogens with one attached hydrogen (secondary N) is 4. The van der Waals surface area contributed by atoms with Gasteiger partial charge in [0.2, 0.25) is 27.8 Å². The predicted molar refractivity (Wildman–Crippen MR) is 160 cm³/mol. The lowest BCUT2D eigenvalue weighted by molar-refractivity contribution is -0.146. The number of carbonyl (C=O) groups is 4. The highest BCUT2D eigenvalue weighted by molar-refractivity contribution is 7.89. The number of ether oxygens (including phenoxy) is 1. The highest BCUT2D eigenvalue weighted by Crippen LogP contribution is 2.28. The minimum atomic E-state index is -4.28. The number of piperidine rings is 1. The average Bonchev–Trinajstić information content (AvgIpc) is 3.83. The summed E-state index contributed by atoms with van der Waals surface area (Å²) >= 11 is 0. The van der Waals surface area contributed by atoms with Gasteiger partial charge in [-0.25, -0.2) is 13.2 Å². The molecule has 1 heterocycles. The Morgan fingerprint density at radius 1 is 1.11 bits per heavy atom. The highest BCUT2D eigenvalue weighted by atomic mass is 32.2. The van der Waals surface area contributed by atoms with Crippen LogP contribution in [0.4, 0.5) is 4.79 Å². The average molecular weight is 631 g/mol. The normalized spacial score (nSPS) is 17.4. The summed E-state index contributed by atoms with van der Waals surface area (Å²) in [6.45, 7) is 2.35. The fourth-order valence-electron chi connectivity index (χ4n) is 5.18. The van der Waals surface area contributed by atoms with Crippen molar-refractivity contribution in [3.63, 3.8) is 0 Å². The van der Waals surface area contributed by atoms with Gasteiger partial charge < -0.3 is 25.0 Å². The van der Waals surface area contributed by atoms with Crippen molar-refractivity contribution in [3.8, 4) is 0 Å². The number of hydrogen-bond donors (Lipinski definition) is 5. The number of fused-ring (bicyclic) bond motifs is 1. The zero-order chi connectivity index (χ0) is 31.9. The van der Waals surface area contributed by atoms with E-state index in [1.165, 1.54) is 12.1 Å². The Bertz CT molecular complexity index is 1510. The summed E-state index contributed by atoms with van der Waals surface area (Å²) in [6.07, 6.45) is 1.38. The van der Waals surface area contributed by atoms with Crippen LogP contribution < -0.4 is 15.4 Å². The highest BCUT2D eigenvalue weighted by Gasteiger charge is 2.39. The van der Waals surface area contributed by atoms with Crippen LogP contribution in [0.25, 0.3) is 10.8 Å². The first kappa shape index (κ1) is 32.7. The summed E-state index contributed by atoms with van der Waals surface area (Å²) < 4.78 is 34.0. The van der Waals surface area contributed by atoms with Gasteiger partial charge in [0.15, 0.2) is 0 Å². The van der Waals surface area contributed by atoms with Crippen molar-refractivity contribution in [1.29, 1.82) is 5.41 Å². The number of nitrogens with zero attached hydrogens (tertiary/aromatic N) is 2. The lowest BCUT2D eigenvalue weighted by atomic mass is 9.98. The van der Waals surface area contributed by atoms with Gasteiger partial charge in [-0.3, -0.25) is 25.1 Å². The van der Waals surface area contributed by atoms with E-state index in [0.717, 1.165) is 16.7 Å². The topological polar surface area (TPSA) is 198 Å². The molecular formula is C29H38N6O8S. The molecule has 0 unspecified atom stereocenters. The Hall–Kier alpha value is -4.24. The summed E-state index contributed by atoms with van der Waals surface area (Å²) in [5.74, 6) is -2.79. The molecule has 0 spiro atoms. The van der Waals surface area contributed by atoms with Crippen LogP contribution in [0.1, 0.15) is 39.0 Å². The Balaban J connectivity index is 1.44. The second kappa shape index (κ2) is 14.5. The van der Waals surface area contributed by atoms with Gasteiger partial charge in [-0.2, -0.15) is 4.72 Å². The number of carbonyl (C=O) groups excluding carboxylic acids is 3. The van der Waals surface area contributed by atoms with E-state index < -0.39 is 52.9 Å². The second-order valence-corrected chi connectivity index (χ2v) is 12.6. The van der Waals surface area contributed by atoms with Crippen LogP contribution in [-0.4, -0.2) is 98.0 Å². The van der Waals surface area contributed by atoms with Crippen molar-refractivity contribution in [2.45, 2.75) is 56.0 Å². The predicted octanol–water partition coefficient (Wildman–Crippen LogP) is 1.46. The molecule has 2 aromatic rings. The van der Waals surface area contributed by atoms with E-state index in [2.05, 4.69) is 15.4 Å². The third-order valence-corrected chi connectivity index (χ3v) is 8.98. The van der Waals surface area contributed by atoms with Gasteiger partial charge in [-0.05, 0) is 61.4 Å². The van der Waals surface area contributed by atoms with E-state index in [4.69, 9.17) is 10.1 Å². The number of aliphatic carboxylic acids is 1. The van der Waals surface area contributed by atoms with Gasteiger partial charge in [0.25, 0.3) is 0 Å². The minimum absolute atomic E-state index is 0.0736. The Labute approximate surface area is 255 Å². The fourth-order valence-corrected chi connectivity index (χ4v) is 6.41. The summed E-state index contributed by atoms with van der Waals surface area (Å²) in [4.78, 5) is 52.5. The van der Waals surface area contributed by atoms with Crippen LogP contribution in [0.3, 0.4) is 0 Å². The van der Waals surface area contributed by atoms with Gasteiger partial charge in [0, 0.05) is 25.7 Å². The number of amides is 3. The molecule has 2 aliphatic rings. The molecule has 44 heavy (non-hydrogen) atoms. The Morgan fingerprint density at radius 2 is 1.84 bits per heavy atom. The number of alkyl carbamates (subject to hydrolysis) is 1. The van der Waals surface area contributed by atoms with Crippen molar-refractivity contribution in [2.24, 2.45) is 5.92 Å². The summed E-state index contributed by atoms with van der Waals surface area (Å²) in [6, 6.07) is 9.85. The number of carboxylic acid groups (broad SMARTS) is 1. The number of sulfonamides is 1. The Kier molecular flexibility index (Phi) is 10.8. The van der Waals surface area contributed by atoms with Gasteiger partial charge in [-0.1, -0.05) is 30.3 Å². The molecule has 14 nitrogen and oxygen atoms in total. The third-order valence-electron chi connectivity index (χ3n) is 7.51. The molecule has 238 valence electrons. The number of likely N-dealkylation sites (tertiary alicyclic amines) is 1. The van der Waals surface area contributed by atoms with E-state index in [0.29, 0.717) is 37.7 Å². The maximum absolute atomic E-state index is 13.6. The fraction of sp³-hybridized carbons (Fsp3) is 0.483. The van der Waals surface area contributed by atoms with Crippen molar-refractivity contribution in [1.82, 2.24) is 25.2 Å².